The van der Waals surface area contributed by atoms with Gasteiger partial charge < -0.3 is 13.9 Å². The molecular formula is C46H31N3O. The number of benzene rings is 7. The maximum absolute atomic E-state index is 6.56. The molecule has 2 aliphatic rings. The lowest BCUT2D eigenvalue weighted by molar-refractivity contribution is 0.544. The van der Waals surface area contributed by atoms with E-state index in [9.17, 15) is 0 Å². The van der Waals surface area contributed by atoms with Crippen molar-refractivity contribution in [1.82, 2.24) is 4.57 Å². The summed E-state index contributed by atoms with van der Waals surface area (Å²) >= 11 is 0. The van der Waals surface area contributed by atoms with Crippen LogP contribution in [0.5, 0.6) is 0 Å². The molecule has 9 aromatic rings. The molecule has 0 bridgehead atoms. The summed E-state index contributed by atoms with van der Waals surface area (Å²) in [6, 6.07) is 50.1. The fraction of sp³-hybridized carbons (Fsp3) is 0.0652. The summed E-state index contributed by atoms with van der Waals surface area (Å²) in [4.78, 5) is 7.75. The molecule has 50 heavy (non-hydrogen) atoms. The fourth-order valence-electron chi connectivity index (χ4n) is 8.59. The van der Waals surface area contributed by atoms with Gasteiger partial charge in [-0.3, -0.25) is 4.99 Å². The van der Waals surface area contributed by atoms with Crippen LogP contribution in [0, 0.1) is 0 Å². The van der Waals surface area contributed by atoms with E-state index in [1.807, 2.05) is 12.1 Å². The largest absolute Gasteiger partial charge is 0.454 e. The van der Waals surface area contributed by atoms with Crippen LogP contribution in [0.25, 0.3) is 71.3 Å². The van der Waals surface area contributed by atoms with Crippen LogP contribution in [0.2, 0.25) is 0 Å². The van der Waals surface area contributed by atoms with Gasteiger partial charge in [0.05, 0.1) is 28.3 Å². The van der Waals surface area contributed by atoms with Crippen molar-refractivity contribution in [3.05, 3.63) is 169 Å². The molecule has 4 heteroatoms. The Kier molecular flexibility index (Phi) is 5.55. The van der Waals surface area contributed by atoms with Crippen LogP contribution in [-0.2, 0) is 0 Å². The van der Waals surface area contributed by atoms with E-state index in [1.54, 1.807) is 0 Å². The smallest absolute Gasteiger partial charge is 0.159 e. The van der Waals surface area contributed by atoms with Gasteiger partial charge in [-0.1, -0.05) is 127 Å². The number of furan rings is 1. The zero-order valence-electron chi connectivity index (χ0n) is 27.4. The molecule has 0 saturated heterocycles. The number of aromatic nitrogens is 1. The van der Waals surface area contributed by atoms with Gasteiger partial charge in [0.15, 0.2) is 5.58 Å². The van der Waals surface area contributed by atoms with Crippen molar-refractivity contribution in [2.75, 3.05) is 4.90 Å². The SMILES string of the molecule is CC12C=CC=CC1N=C(c1ccc(-c3ccc4c5c3ccc3cccc(c35)n4-c3ccccc3)cc1)N2c1cccc2c1oc1ccccc12. The van der Waals surface area contributed by atoms with Gasteiger partial charge >= 0.3 is 0 Å². The summed E-state index contributed by atoms with van der Waals surface area (Å²) in [6.45, 7) is 2.27. The zero-order valence-corrected chi connectivity index (χ0v) is 27.4. The quantitative estimate of drug-likeness (QED) is 0.179. The zero-order chi connectivity index (χ0) is 33.0. The fourth-order valence-corrected chi connectivity index (χ4v) is 8.59. The second kappa shape index (κ2) is 10.1. The van der Waals surface area contributed by atoms with Gasteiger partial charge in [-0.15, -0.1) is 0 Å². The molecule has 0 fully saturated rings. The van der Waals surface area contributed by atoms with Crippen LogP contribution in [0.4, 0.5) is 5.69 Å². The second-order valence-corrected chi connectivity index (χ2v) is 13.7. The molecule has 0 spiro atoms. The monoisotopic (exact) mass is 641 g/mol. The molecule has 0 N–H and O–H groups in total. The predicted molar refractivity (Wildman–Crippen MR) is 208 cm³/mol. The van der Waals surface area contributed by atoms with Gasteiger partial charge in [-0.05, 0) is 65.2 Å². The molecule has 2 aromatic heterocycles. The Hall–Kier alpha value is -6.39. The standard InChI is InChI=1S/C46H31N3O/c1-46-28-8-7-19-41(46)47-45(49(46)39-17-10-15-36-34-14-5-6-18-40(34)50-44(36)39)31-22-20-29(21-23-31)33-26-27-38-43-35(33)25-24-30-11-9-16-37(42(30)43)48(38)32-12-3-2-4-13-32/h2-28,41H,1H3. The minimum atomic E-state index is -0.374. The van der Waals surface area contributed by atoms with Crippen LogP contribution in [0.1, 0.15) is 12.5 Å². The van der Waals surface area contributed by atoms with Crippen molar-refractivity contribution in [2.45, 2.75) is 18.5 Å². The van der Waals surface area contributed by atoms with Crippen LogP contribution in [0.15, 0.2) is 173 Å². The molecule has 3 heterocycles. The van der Waals surface area contributed by atoms with E-state index in [0.29, 0.717) is 0 Å². The van der Waals surface area contributed by atoms with E-state index < -0.39 is 0 Å². The highest BCUT2D eigenvalue weighted by Crippen LogP contribution is 2.45. The van der Waals surface area contributed by atoms with Crippen LogP contribution in [0.3, 0.4) is 0 Å². The number of nitrogens with zero attached hydrogens (tertiary/aromatic N) is 3. The number of allylic oxidation sites excluding steroid dienone is 2. The number of fused-ring (bicyclic) bond motifs is 4. The van der Waals surface area contributed by atoms with Crippen LogP contribution >= 0.6 is 0 Å². The molecule has 2 unspecified atom stereocenters. The van der Waals surface area contributed by atoms with E-state index in [0.717, 1.165) is 39.0 Å². The van der Waals surface area contributed by atoms with Crippen molar-refractivity contribution >= 4 is 66.0 Å². The lowest BCUT2D eigenvalue weighted by atomic mass is 9.87. The van der Waals surface area contributed by atoms with Crippen LogP contribution in [-0.4, -0.2) is 22.0 Å². The number of para-hydroxylation sites is 3. The molecule has 1 aliphatic heterocycles. The number of rotatable bonds is 4. The number of hydrogen-bond donors (Lipinski definition) is 0. The Morgan fingerprint density at radius 3 is 2.30 bits per heavy atom. The summed E-state index contributed by atoms with van der Waals surface area (Å²) in [5.74, 6) is 0.945. The van der Waals surface area contributed by atoms with Gasteiger partial charge in [-0.2, -0.15) is 0 Å². The lowest BCUT2D eigenvalue weighted by Gasteiger charge is -2.38. The minimum Gasteiger partial charge on any atom is -0.454 e. The van der Waals surface area contributed by atoms with Gasteiger partial charge in [-0.25, -0.2) is 0 Å². The summed E-state index contributed by atoms with van der Waals surface area (Å²) in [7, 11) is 0. The van der Waals surface area contributed by atoms with Gasteiger partial charge in [0.25, 0.3) is 0 Å². The predicted octanol–water partition coefficient (Wildman–Crippen LogP) is 11.5. The maximum atomic E-state index is 6.56. The Balaban J connectivity index is 1.06. The first-order valence-corrected chi connectivity index (χ1v) is 17.3. The van der Waals surface area contributed by atoms with E-state index in [-0.39, 0.29) is 11.6 Å². The van der Waals surface area contributed by atoms with E-state index in [4.69, 9.17) is 9.41 Å². The highest BCUT2D eigenvalue weighted by Gasteiger charge is 2.46. The number of aliphatic imine (C=N–C) groups is 1. The molecular weight excluding hydrogens is 611 g/mol. The molecule has 2 atom stereocenters. The van der Waals surface area contributed by atoms with E-state index >= 15 is 0 Å². The van der Waals surface area contributed by atoms with Gasteiger partial charge in [0, 0.05) is 32.8 Å². The molecule has 0 saturated carbocycles. The highest BCUT2D eigenvalue weighted by molar-refractivity contribution is 6.26. The van der Waals surface area contributed by atoms with Crippen molar-refractivity contribution in [2.24, 2.45) is 4.99 Å². The average Bonchev–Trinajstić information content (AvgIpc) is 3.82. The highest BCUT2D eigenvalue weighted by atomic mass is 16.3. The van der Waals surface area contributed by atoms with Crippen molar-refractivity contribution in [3.63, 3.8) is 0 Å². The van der Waals surface area contributed by atoms with E-state index in [2.05, 4.69) is 168 Å². The third kappa shape index (κ3) is 3.68. The Labute approximate surface area is 288 Å². The number of hydrogen-bond acceptors (Lipinski definition) is 3. The molecule has 7 aromatic carbocycles. The molecule has 0 amide bonds. The summed E-state index contributed by atoms with van der Waals surface area (Å²) in [6.07, 6.45) is 8.73. The Morgan fingerprint density at radius 1 is 0.620 bits per heavy atom. The summed E-state index contributed by atoms with van der Waals surface area (Å²) in [5, 5.41) is 7.39. The molecule has 236 valence electrons. The first kappa shape index (κ1) is 27.5. The van der Waals surface area contributed by atoms with Crippen molar-refractivity contribution < 1.29 is 4.42 Å². The van der Waals surface area contributed by atoms with E-state index in [1.165, 1.54) is 49.4 Å². The van der Waals surface area contributed by atoms with Crippen LogP contribution < -0.4 is 4.90 Å². The Morgan fingerprint density at radius 2 is 1.40 bits per heavy atom. The summed E-state index contributed by atoms with van der Waals surface area (Å²) < 4.78 is 8.96. The average molecular weight is 642 g/mol. The normalized spacial score (nSPS) is 18.7. The third-order valence-corrected chi connectivity index (χ3v) is 10.9. The molecule has 4 nitrogen and oxygen atoms in total. The topological polar surface area (TPSA) is 33.7 Å². The maximum Gasteiger partial charge on any atom is 0.159 e. The molecule has 1 aliphatic carbocycles. The first-order valence-electron chi connectivity index (χ1n) is 17.3. The first-order chi connectivity index (χ1) is 24.7. The molecule has 0 radical (unpaired) electrons. The Bertz CT molecular complexity index is 2890. The third-order valence-electron chi connectivity index (χ3n) is 10.9. The van der Waals surface area contributed by atoms with Crippen molar-refractivity contribution in [3.8, 4) is 16.8 Å². The molecule has 11 rings (SSSR count). The number of amidine groups is 1. The lowest BCUT2D eigenvalue weighted by Crippen LogP contribution is -2.50. The summed E-state index contributed by atoms with van der Waals surface area (Å²) in [5.41, 5.74) is 9.56. The second-order valence-electron chi connectivity index (χ2n) is 13.7. The number of anilines is 1. The van der Waals surface area contributed by atoms with Gasteiger partial charge in [0.1, 0.15) is 11.4 Å². The minimum absolute atomic E-state index is 0.0186. The van der Waals surface area contributed by atoms with Crippen molar-refractivity contribution in [1.29, 1.82) is 0 Å². The van der Waals surface area contributed by atoms with Gasteiger partial charge in [0.2, 0.25) is 0 Å².